The van der Waals surface area contributed by atoms with Gasteiger partial charge in [0.15, 0.2) is 0 Å². The van der Waals surface area contributed by atoms with Crippen LogP contribution in [0.15, 0.2) is 72.8 Å². The van der Waals surface area contributed by atoms with Crippen LogP contribution in [-0.2, 0) is 0 Å². The zero-order valence-corrected chi connectivity index (χ0v) is 11.9. The smallest absolute Gasteiger partial charge is 0.0624 e. The van der Waals surface area contributed by atoms with Crippen molar-refractivity contribution in [1.82, 2.24) is 0 Å². The molecule has 0 aliphatic heterocycles. The maximum Gasteiger partial charge on any atom is 0.0624 e. The van der Waals surface area contributed by atoms with Crippen LogP contribution in [0.1, 0.15) is 0 Å². The Bertz CT molecular complexity index is 720. The fraction of sp³-hybridized carbons (Fsp3) is 0. The molecule has 4 nitrogen and oxygen atoms in total. The second kappa shape index (κ2) is 6.10. The minimum atomic E-state index is -0.0449. The Morgan fingerprint density at radius 2 is 1.05 bits per heavy atom. The summed E-state index contributed by atoms with van der Waals surface area (Å²) in [7, 11) is 0. The predicted molar refractivity (Wildman–Crippen MR) is 89.7 cm³/mol. The Morgan fingerprint density at radius 1 is 0.591 bits per heavy atom. The van der Waals surface area contributed by atoms with Gasteiger partial charge in [-0.1, -0.05) is 48.2 Å². The molecule has 0 radical (unpaired) electrons. The van der Waals surface area contributed by atoms with Crippen molar-refractivity contribution in [2.45, 2.75) is 0 Å². The fourth-order valence-electron chi connectivity index (χ4n) is 2.17. The van der Waals surface area contributed by atoms with E-state index in [0.29, 0.717) is 11.4 Å². The van der Waals surface area contributed by atoms with E-state index in [-0.39, 0.29) is 5.75 Å². The second-order valence-corrected chi connectivity index (χ2v) is 4.88. The Kier molecular flexibility index (Phi) is 3.83. The monoisotopic (exact) mass is 290 g/mol. The first-order chi connectivity index (χ1) is 10.7. The molecule has 0 saturated carbocycles. The fourth-order valence-corrected chi connectivity index (χ4v) is 2.17. The van der Waals surface area contributed by atoms with Crippen molar-refractivity contribution in [3.8, 4) is 5.75 Å². The quantitative estimate of drug-likeness (QED) is 0.638. The van der Waals surface area contributed by atoms with Crippen LogP contribution in [0.3, 0.4) is 0 Å². The van der Waals surface area contributed by atoms with E-state index < -0.39 is 0 Å². The minimum Gasteiger partial charge on any atom is -0.871 e. The standard InChI is InChI=1S/C18H17N3O/c19-13-7-1-2-8-14(13)20-15-9-3-4-10-16(15)21-17-11-5-6-12-18(17)22/h1-12,20-22H,19H2/p-1. The lowest BCUT2D eigenvalue weighted by molar-refractivity contribution is -0.267. The van der Waals surface area contributed by atoms with E-state index in [1.807, 2.05) is 54.6 Å². The predicted octanol–water partition coefficient (Wildman–Crippen LogP) is 3.83. The summed E-state index contributed by atoms with van der Waals surface area (Å²) in [5.74, 6) is -0.0449. The van der Waals surface area contributed by atoms with Crippen LogP contribution in [0.4, 0.5) is 28.4 Å². The van der Waals surface area contributed by atoms with Crippen molar-refractivity contribution < 1.29 is 5.11 Å². The lowest BCUT2D eigenvalue weighted by atomic mass is 10.2. The molecule has 0 bridgehead atoms. The summed E-state index contributed by atoms with van der Waals surface area (Å²) < 4.78 is 0. The first-order valence-corrected chi connectivity index (χ1v) is 6.97. The summed E-state index contributed by atoms with van der Waals surface area (Å²) in [6.07, 6.45) is 0. The van der Waals surface area contributed by atoms with Crippen molar-refractivity contribution >= 4 is 28.4 Å². The van der Waals surface area contributed by atoms with Crippen LogP contribution >= 0.6 is 0 Å². The molecule has 0 amide bonds. The number of nitrogens with one attached hydrogen (secondary N) is 2. The van der Waals surface area contributed by atoms with E-state index in [1.54, 1.807) is 12.1 Å². The van der Waals surface area contributed by atoms with Crippen LogP contribution in [0.25, 0.3) is 0 Å². The highest BCUT2D eigenvalue weighted by Crippen LogP contribution is 2.32. The van der Waals surface area contributed by atoms with Gasteiger partial charge in [-0.15, -0.1) is 0 Å². The summed E-state index contributed by atoms with van der Waals surface area (Å²) in [6, 6.07) is 22.1. The summed E-state index contributed by atoms with van der Waals surface area (Å²) in [5, 5.41) is 18.3. The normalized spacial score (nSPS) is 10.2. The Labute approximate surface area is 129 Å². The van der Waals surface area contributed by atoms with E-state index in [9.17, 15) is 5.11 Å². The third-order valence-corrected chi connectivity index (χ3v) is 3.31. The zero-order valence-electron chi connectivity index (χ0n) is 11.9. The number of nitrogen functional groups attached to an aromatic ring is 1. The van der Waals surface area contributed by atoms with Gasteiger partial charge in [0, 0.05) is 5.69 Å². The molecule has 4 heteroatoms. The van der Waals surface area contributed by atoms with Crippen molar-refractivity contribution in [3.05, 3.63) is 72.8 Å². The van der Waals surface area contributed by atoms with Crippen molar-refractivity contribution in [2.75, 3.05) is 16.4 Å². The molecule has 0 aromatic heterocycles. The molecule has 4 N–H and O–H groups in total. The minimum absolute atomic E-state index is 0.0449. The van der Waals surface area contributed by atoms with Crippen LogP contribution < -0.4 is 21.5 Å². The van der Waals surface area contributed by atoms with E-state index >= 15 is 0 Å². The molecule has 0 saturated heterocycles. The van der Waals surface area contributed by atoms with Crippen LogP contribution in [0, 0.1) is 0 Å². The molecular formula is C18H16N3O-. The van der Waals surface area contributed by atoms with Crippen LogP contribution in [0.5, 0.6) is 5.75 Å². The number of anilines is 5. The van der Waals surface area contributed by atoms with Gasteiger partial charge in [0.1, 0.15) is 0 Å². The van der Waals surface area contributed by atoms with Crippen molar-refractivity contribution in [2.24, 2.45) is 0 Å². The van der Waals surface area contributed by atoms with Gasteiger partial charge < -0.3 is 21.5 Å². The third kappa shape index (κ3) is 2.96. The van der Waals surface area contributed by atoms with E-state index in [4.69, 9.17) is 5.73 Å². The van der Waals surface area contributed by atoms with E-state index in [1.165, 1.54) is 6.07 Å². The molecule has 3 aromatic carbocycles. The SMILES string of the molecule is Nc1ccccc1Nc1ccccc1Nc1ccccc1[O-]. The maximum atomic E-state index is 11.8. The number of benzene rings is 3. The summed E-state index contributed by atoms with van der Waals surface area (Å²) in [6.45, 7) is 0. The summed E-state index contributed by atoms with van der Waals surface area (Å²) in [4.78, 5) is 0. The van der Waals surface area contributed by atoms with Crippen molar-refractivity contribution in [3.63, 3.8) is 0 Å². The van der Waals surface area contributed by atoms with Crippen LogP contribution in [-0.4, -0.2) is 0 Å². The average molecular weight is 290 g/mol. The highest BCUT2D eigenvalue weighted by molar-refractivity contribution is 5.82. The molecule has 0 aliphatic carbocycles. The molecule has 0 heterocycles. The van der Waals surface area contributed by atoms with Gasteiger partial charge in [0.2, 0.25) is 0 Å². The highest BCUT2D eigenvalue weighted by atomic mass is 16.3. The van der Waals surface area contributed by atoms with Gasteiger partial charge in [-0.2, -0.15) is 0 Å². The first-order valence-electron chi connectivity index (χ1n) is 6.97. The number of hydrogen-bond donors (Lipinski definition) is 3. The molecule has 0 spiro atoms. The number of hydrogen-bond acceptors (Lipinski definition) is 4. The van der Waals surface area contributed by atoms with E-state index in [2.05, 4.69) is 10.6 Å². The van der Waals surface area contributed by atoms with Gasteiger partial charge in [0.25, 0.3) is 0 Å². The first kappa shape index (κ1) is 13.8. The zero-order chi connectivity index (χ0) is 15.4. The average Bonchev–Trinajstić information content (AvgIpc) is 2.53. The molecular weight excluding hydrogens is 274 g/mol. The van der Waals surface area contributed by atoms with Gasteiger partial charge in [-0.3, -0.25) is 0 Å². The largest absolute Gasteiger partial charge is 0.871 e. The Hall–Kier alpha value is -3.14. The number of rotatable bonds is 4. The number of nitrogens with two attached hydrogens (primary N) is 1. The van der Waals surface area contributed by atoms with Gasteiger partial charge in [-0.05, 0) is 30.3 Å². The summed E-state index contributed by atoms with van der Waals surface area (Å²) in [5.41, 5.74) is 9.66. The Morgan fingerprint density at radius 3 is 1.64 bits per heavy atom. The molecule has 3 rings (SSSR count). The molecule has 0 fully saturated rings. The number of para-hydroxylation sites is 6. The lowest BCUT2D eigenvalue weighted by Gasteiger charge is -2.18. The summed E-state index contributed by atoms with van der Waals surface area (Å²) >= 11 is 0. The van der Waals surface area contributed by atoms with E-state index in [0.717, 1.165) is 17.1 Å². The topological polar surface area (TPSA) is 73.1 Å². The van der Waals surface area contributed by atoms with Crippen LogP contribution in [0.2, 0.25) is 0 Å². The molecule has 0 unspecified atom stereocenters. The molecule has 3 aromatic rings. The Balaban J connectivity index is 1.91. The van der Waals surface area contributed by atoms with Crippen molar-refractivity contribution in [1.29, 1.82) is 0 Å². The molecule has 22 heavy (non-hydrogen) atoms. The van der Waals surface area contributed by atoms with Gasteiger partial charge in [-0.25, -0.2) is 0 Å². The molecule has 110 valence electrons. The van der Waals surface area contributed by atoms with Gasteiger partial charge in [0.05, 0.1) is 22.7 Å². The maximum absolute atomic E-state index is 11.8. The van der Waals surface area contributed by atoms with Gasteiger partial charge >= 0.3 is 0 Å². The second-order valence-electron chi connectivity index (χ2n) is 4.88. The highest BCUT2D eigenvalue weighted by Gasteiger charge is 2.04. The lowest BCUT2D eigenvalue weighted by Crippen LogP contribution is -2.01. The molecule has 0 aliphatic rings. The molecule has 0 atom stereocenters. The third-order valence-electron chi connectivity index (χ3n) is 3.31.